The van der Waals surface area contributed by atoms with Crippen molar-refractivity contribution in [2.45, 2.75) is 18.9 Å². The van der Waals surface area contributed by atoms with Gasteiger partial charge in [0.2, 0.25) is 0 Å². The van der Waals surface area contributed by atoms with E-state index in [0.29, 0.717) is 32.3 Å². The zero-order valence-electron chi connectivity index (χ0n) is 10.7. The lowest BCUT2D eigenvalue weighted by Gasteiger charge is -2.33. The largest absolute Gasteiger partial charge is 0.396 e. The number of β-amino-alcohol motifs (C(OH)–C–C–N with tert-alkyl or cyclic N) is 1. The molecule has 0 aliphatic carbocycles. The van der Waals surface area contributed by atoms with Crippen LogP contribution in [0, 0.1) is 5.92 Å². The Morgan fingerprint density at radius 2 is 2.24 bits per heavy atom. The Hall–Kier alpha value is -0.200. The molecule has 2 N–H and O–H groups in total. The molecule has 0 radical (unpaired) electrons. The van der Waals surface area contributed by atoms with Gasteiger partial charge in [-0.25, -0.2) is 0 Å². The molecule has 1 rings (SSSR count). The molecule has 5 heteroatoms. The number of methoxy groups -OCH3 is 1. The van der Waals surface area contributed by atoms with Gasteiger partial charge in [0, 0.05) is 26.8 Å². The van der Waals surface area contributed by atoms with E-state index in [1.165, 1.54) is 0 Å². The number of hydrogen-bond acceptors (Lipinski definition) is 5. The Morgan fingerprint density at radius 1 is 1.41 bits per heavy atom. The van der Waals surface area contributed by atoms with Crippen LogP contribution in [-0.2, 0) is 9.47 Å². The lowest BCUT2D eigenvalue weighted by Crippen LogP contribution is -2.42. The first-order chi connectivity index (χ1) is 8.26. The third kappa shape index (κ3) is 6.33. The van der Waals surface area contributed by atoms with E-state index in [1.807, 2.05) is 0 Å². The van der Waals surface area contributed by atoms with Crippen LogP contribution in [-0.4, -0.2) is 74.4 Å². The van der Waals surface area contributed by atoms with Gasteiger partial charge in [-0.3, -0.25) is 0 Å². The van der Waals surface area contributed by atoms with Gasteiger partial charge in [-0.05, 0) is 25.3 Å². The summed E-state index contributed by atoms with van der Waals surface area (Å²) in [7, 11) is 1.63. The van der Waals surface area contributed by atoms with Crippen molar-refractivity contribution < 1.29 is 19.7 Å². The summed E-state index contributed by atoms with van der Waals surface area (Å²) in [6, 6.07) is 0. The van der Waals surface area contributed by atoms with Crippen LogP contribution < -0.4 is 0 Å². The summed E-state index contributed by atoms with van der Waals surface area (Å²) in [6.45, 7) is 4.19. The molecule has 17 heavy (non-hydrogen) atoms. The smallest absolute Gasteiger partial charge is 0.0900 e. The fraction of sp³-hybridized carbons (Fsp3) is 1.00. The molecule has 0 amide bonds. The maximum absolute atomic E-state index is 9.79. The maximum atomic E-state index is 9.79. The van der Waals surface area contributed by atoms with Gasteiger partial charge in [-0.2, -0.15) is 0 Å². The first kappa shape index (κ1) is 14.9. The number of piperidine rings is 1. The lowest BCUT2D eigenvalue weighted by molar-refractivity contribution is -0.00788. The standard InChI is InChI=1S/C12H25NO4/c1-16-5-6-17-10-12(15)8-13-4-2-3-11(7-13)9-14/h11-12,14-15H,2-10H2,1H3. The van der Waals surface area contributed by atoms with Crippen molar-refractivity contribution in [3.63, 3.8) is 0 Å². The highest BCUT2D eigenvalue weighted by Crippen LogP contribution is 2.15. The number of rotatable bonds is 8. The third-order valence-electron chi connectivity index (χ3n) is 3.07. The summed E-state index contributed by atoms with van der Waals surface area (Å²) in [6.07, 6.45) is 1.74. The predicted molar refractivity (Wildman–Crippen MR) is 65.0 cm³/mol. The summed E-state index contributed by atoms with van der Waals surface area (Å²) >= 11 is 0. The van der Waals surface area contributed by atoms with Gasteiger partial charge >= 0.3 is 0 Å². The molecule has 1 heterocycles. The van der Waals surface area contributed by atoms with Gasteiger partial charge in [0.15, 0.2) is 0 Å². The predicted octanol–water partition coefficient (Wildman–Crippen LogP) is -0.285. The van der Waals surface area contributed by atoms with Crippen molar-refractivity contribution in [1.82, 2.24) is 4.90 Å². The van der Waals surface area contributed by atoms with Gasteiger partial charge in [0.1, 0.15) is 0 Å². The summed E-state index contributed by atoms with van der Waals surface area (Å²) in [5.74, 6) is 0.366. The van der Waals surface area contributed by atoms with E-state index in [-0.39, 0.29) is 6.61 Å². The minimum absolute atomic E-state index is 0.247. The minimum atomic E-state index is -0.454. The second kappa shape index (κ2) is 8.83. The van der Waals surface area contributed by atoms with Gasteiger partial charge in [0.05, 0.1) is 25.9 Å². The average molecular weight is 247 g/mol. The van der Waals surface area contributed by atoms with E-state index in [0.717, 1.165) is 25.9 Å². The normalized spacial score (nSPS) is 23.8. The molecule has 0 bridgehead atoms. The fourth-order valence-electron chi connectivity index (χ4n) is 2.18. The van der Waals surface area contributed by atoms with Gasteiger partial charge < -0.3 is 24.6 Å². The number of hydrogen-bond donors (Lipinski definition) is 2. The molecular formula is C12H25NO4. The van der Waals surface area contributed by atoms with E-state index in [1.54, 1.807) is 7.11 Å². The van der Waals surface area contributed by atoms with Gasteiger partial charge in [-0.15, -0.1) is 0 Å². The Morgan fingerprint density at radius 3 is 2.94 bits per heavy atom. The minimum Gasteiger partial charge on any atom is -0.396 e. The number of aliphatic hydroxyl groups excluding tert-OH is 2. The molecule has 1 aliphatic rings. The Bertz CT molecular complexity index is 191. The summed E-state index contributed by atoms with van der Waals surface area (Å²) in [4.78, 5) is 2.20. The van der Waals surface area contributed by atoms with Crippen molar-refractivity contribution in [3.05, 3.63) is 0 Å². The van der Waals surface area contributed by atoms with Crippen LogP contribution in [0.5, 0.6) is 0 Å². The van der Waals surface area contributed by atoms with Crippen molar-refractivity contribution in [2.24, 2.45) is 5.92 Å². The van der Waals surface area contributed by atoms with Crippen molar-refractivity contribution in [1.29, 1.82) is 0 Å². The Labute approximate surface area is 103 Å². The van der Waals surface area contributed by atoms with Crippen LogP contribution in [0.3, 0.4) is 0 Å². The average Bonchev–Trinajstić information content (AvgIpc) is 2.35. The summed E-state index contributed by atoms with van der Waals surface area (Å²) < 4.78 is 10.1. The summed E-state index contributed by atoms with van der Waals surface area (Å²) in [5.41, 5.74) is 0. The molecule has 0 aromatic rings. The van der Waals surface area contributed by atoms with E-state index in [2.05, 4.69) is 4.90 Å². The quantitative estimate of drug-likeness (QED) is 0.577. The maximum Gasteiger partial charge on any atom is 0.0900 e. The first-order valence-electron chi connectivity index (χ1n) is 6.34. The van der Waals surface area contributed by atoms with Crippen LogP contribution in [0.2, 0.25) is 0 Å². The topological polar surface area (TPSA) is 62.2 Å². The van der Waals surface area contributed by atoms with Crippen molar-refractivity contribution in [2.75, 3.05) is 53.2 Å². The molecule has 0 aromatic carbocycles. The molecule has 0 spiro atoms. The van der Waals surface area contributed by atoms with Crippen LogP contribution in [0.25, 0.3) is 0 Å². The highest BCUT2D eigenvalue weighted by Gasteiger charge is 2.20. The van der Waals surface area contributed by atoms with Gasteiger partial charge in [-0.1, -0.05) is 0 Å². The number of aliphatic hydroxyl groups is 2. The molecule has 0 aromatic heterocycles. The lowest BCUT2D eigenvalue weighted by atomic mass is 9.99. The highest BCUT2D eigenvalue weighted by molar-refractivity contribution is 4.74. The third-order valence-corrected chi connectivity index (χ3v) is 3.07. The second-order valence-electron chi connectivity index (χ2n) is 4.67. The zero-order valence-corrected chi connectivity index (χ0v) is 10.7. The molecule has 102 valence electrons. The Kier molecular flexibility index (Phi) is 7.72. The van der Waals surface area contributed by atoms with Crippen molar-refractivity contribution >= 4 is 0 Å². The number of likely N-dealkylation sites (tertiary alicyclic amines) is 1. The molecule has 1 aliphatic heterocycles. The molecule has 1 fully saturated rings. The van der Waals surface area contributed by atoms with Crippen LogP contribution in [0.4, 0.5) is 0 Å². The van der Waals surface area contributed by atoms with E-state index in [9.17, 15) is 5.11 Å². The SMILES string of the molecule is COCCOCC(O)CN1CCCC(CO)C1. The molecule has 2 atom stereocenters. The molecular weight excluding hydrogens is 222 g/mol. The van der Waals surface area contributed by atoms with E-state index in [4.69, 9.17) is 14.6 Å². The number of nitrogens with zero attached hydrogens (tertiary/aromatic N) is 1. The summed E-state index contributed by atoms with van der Waals surface area (Å²) in [5, 5.41) is 18.9. The van der Waals surface area contributed by atoms with Crippen LogP contribution >= 0.6 is 0 Å². The zero-order chi connectivity index (χ0) is 12.5. The highest BCUT2D eigenvalue weighted by atomic mass is 16.5. The van der Waals surface area contributed by atoms with Crippen LogP contribution in [0.15, 0.2) is 0 Å². The van der Waals surface area contributed by atoms with E-state index < -0.39 is 6.10 Å². The molecule has 0 saturated carbocycles. The fourth-order valence-corrected chi connectivity index (χ4v) is 2.18. The number of ether oxygens (including phenoxy) is 2. The monoisotopic (exact) mass is 247 g/mol. The molecule has 1 saturated heterocycles. The molecule has 5 nitrogen and oxygen atoms in total. The van der Waals surface area contributed by atoms with E-state index >= 15 is 0 Å². The van der Waals surface area contributed by atoms with Gasteiger partial charge in [0.25, 0.3) is 0 Å². The van der Waals surface area contributed by atoms with Crippen LogP contribution in [0.1, 0.15) is 12.8 Å². The second-order valence-corrected chi connectivity index (χ2v) is 4.67. The Balaban J connectivity index is 2.10. The first-order valence-corrected chi connectivity index (χ1v) is 6.34. The van der Waals surface area contributed by atoms with Crippen molar-refractivity contribution in [3.8, 4) is 0 Å². The molecule has 2 unspecified atom stereocenters.